The zero-order chi connectivity index (χ0) is 52.1. The Morgan fingerprint density at radius 2 is 0.762 bits per heavy atom. The van der Waals surface area contributed by atoms with Crippen LogP contribution in [0.1, 0.15) is 116 Å². The van der Waals surface area contributed by atoms with Crippen molar-refractivity contribution in [3.05, 3.63) is 71.8 Å². The van der Waals surface area contributed by atoms with E-state index in [4.69, 9.17) is 0 Å². The molecule has 32 heteroatoms. The highest BCUT2D eigenvalue weighted by atomic mass is 32.2. The Labute approximate surface area is 590 Å². The fourth-order valence-electron chi connectivity index (χ4n) is 10.8. The molecule has 10 atom stereocenters. The molecule has 8 amide bonds. The third-order valence-corrected chi connectivity index (χ3v) is 17.7. The first-order chi connectivity index (χ1) is 34.2. The molecule has 0 radical (unpaired) electrons. The van der Waals surface area contributed by atoms with Gasteiger partial charge in [-0.3, -0.25) is 38.4 Å². The predicted molar refractivity (Wildman–Crippen MR) is 402 cm³/mol. The molecular formula is C52H98N10O8S14. The van der Waals surface area contributed by atoms with E-state index in [0.29, 0.717) is 74.0 Å². The molecule has 2 aromatic carbocycles. The number of amides is 8. The van der Waals surface area contributed by atoms with Gasteiger partial charge in [0.25, 0.3) is 0 Å². The van der Waals surface area contributed by atoms with Crippen molar-refractivity contribution in [1.29, 1.82) is 0 Å². The molecular weight excluding hydrogens is 1340 g/mol. The van der Waals surface area contributed by atoms with Crippen LogP contribution in [-0.2, 0) is 38.4 Å². The number of carbonyl (C=O) groups is 8. The molecule has 0 aromatic heterocycles. The van der Waals surface area contributed by atoms with Crippen molar-refractivity contribution < 1.29 is 38.4 Å². The van der Waals surface area contributed by atoms with Crippen molar-refractivity contribution in [3.63, 3.8) is 0 Å². The number of hydrogen-bond acceptors (Lipinski definition) is 12. The highest BCUT2D eigenvalue weighted by Crippen LogP contribution is 2.48. The summed E-state index contributed by atoms with van der Waals surface area (Å²) in [4.78, 5) is 115. The van der Waals surface area contributed by atoms with Crippen LogP contribution in [0.4, 0.5) is 0 Å². The van der Waals surface area contributed by atoms with Crippen LogP contribution in [0, 0.1) is 10.8 Å². The Bertz CT molecular complexity index is 2200. The van der Waals surface area contributed by atoms with Gasteiger partial charge in [-0.1, -0.05) is 88.4 Å². The van der Waals surface area contributed by atoms with Crippen LogP contribution >= 0.6 is 185 Å². The first-order valence-corrected chi connectivity index (χ1v) is 27.5. The van der Waals surface area contributed by atoms with Gasteiger partial charge in [0.05, 0.1) is 22.8 Å². The second-order valence-electron chi connectivity index (χ2n) is 21.3. The summed E-state index contributed by atoms with van der Waals surface area (Å²) in [6, 6.07) is 10.9. The quantitative estimate of drug-likeness (QED) is 0.119. The maximum Gasteiger partial charge on any atom is 0.247 e. The number of benzene rings is 2. The number of fused-ring (bicyclic) bond motifs is 2. The van der Waals surface area contributed by atoms with E-state index >= 15 is 0 Å². The van der Waals surface area contributed by atoms with Crippen LogP contribution < -0.4 is 42.5 Å². The Hall–Kier alpha value is -0.980. The second-order valence-corrected chi connectivity index (χ2v) is 23.9. The molecule has 18 nitrogen and oxygen atoms in total. The van der Waals surface area contributed by atoms with E-state index in [9.17, 15) is 38.4 Å². The van der Waals surface area contributed by atoms with Crippen LogP contribution in [-0.4, -0.2) is 142 Å². The number of likely N-dealkylation sites (N-methyl/N-ethyl adjacent to an activating group) is 2. The molecule has 1 saturated carbocycles. The van der Waals surface area contributed by atoms with Gasteiger partial charge < -0.3 is 52.3 Å². The Morgan fingerprint density at radius 3 is 1.05 bits per heavy atom. The molecule has 5 aliphatic rings. The van der Waals surface area contributed by atoms with Gasteiger partial charge in [-0.2, -0.15) is 162 Å². The third kappa shape index (κ3) is 22.7. The molecule has 4 aliphatic heterocycles. The lowest BCUT2D eigenvalue weighted by atomic mass is 9.83. The zero-order valence-electron chi connectivity index (χ0n) is 48.7. The number of hydrogen-bond donors (Lipinski definition) is 8. The van der Waals surface area contributed by atoms with E-state index in [-0.39, 0.29) is 208 Å². The van der Waals surface area contributed by atoms with Gasteiger partial charge >= 0.3 is 0 Å². The lowest BCUT2D eigenvalue weighted by Gasteiger charge is -2.36. The van der Waals surface area contributed by atoms with Crippen LogP contribution in [0.5, 0.6) is 0 Å². The van der Waals surface area contributed by atoms with E-state index in [1.54, 1.807) is 110 Å². The standard InChI is InChI=1S/C52H74N10O8S2.12H2S/c1-29(53-7)43(63)57-35-23-25-71-37-27-51(3,4)41(61(37)49(35)69)47(67)59-39(31-15-11-9-12-16-31)45(65)55-33-19-21-34(22-20-33)56-46(66)40(32-17-13-10-14-18-32)60-48(68)42-52(5,6)28-38-62(42)50(70)36(24-26-72-38)58-44(64)30(2)54-8;;;;;;;;;;;;/h9-18,29-30,33-42,53-54H,19-28H2,1-8H3,(H,55,65)(H,56,66)(H,57,63)(H,58,64)(H,59,67)(H,60,68);12*1H2/t29-,30-,33?,34?,35-,36+,37-,38-,39+,40-,41+,42+;;;;;;;;;;;;/m0............/s1. The predicted octanol–water partition coefficient (Wildman–Crippen LogP) is 3.96. The number of rotatable bonds is 16. The molecule has 488 valence electrons. The highest BCUT2D eigenvalue weighted by molar-refractivity contribution is 8.00. The number of nitrogens with zero attached hydrogens (tertiary/aromatic N) is 2. The smallest absolute Gasteiger partial charge is 0.247 e. The fourth-order valence-corrected chi connectivity index (χ4v) is 14.0. The minimum absolute atomic E-state index is 0. The normalized spacial score (nSPS) is 24.3. The van der Waals surface area contributed by atoms with Crippen molar-refractivity contribution in [2.24, 2.45) is 10.8 Å². The van der Waals surface area contributed by atoms with Gasteiger partial charge in [-0.05, 0) is 113 Å². The second kappa shape index (κ2) is 42.1. The first-order valence-electron chi connectivity index (χ1n) is 25.4. The maximum absolute atomic E-state index is 14.6. The van der Waals surface area contributed by atoms with E-state index in [0.717, 1.165) is 0 Å². The van der Waals surface area contributed by atoms with Gasteiger partial charge in [-0.25, -0.2) is 0 Å². The van der Waals surface area contributed by atoms with Crippen molar-refractivity contribution in [2.75, 3.05) is 25.6 Å². The number of thioether (sulfide) groups is 2. The first kappa shape index (κ1) is 94.1. The summed E-state index contributed by atoms with van der Waals surface area (Å²) >= 11 is 3.20. The molecule has 0 bridgehead atoms. The van der Waals surface area contributed by atoms with Crippen LogP contribution in [0.15, 0.2) is 60.7 Å². The minimum Gasteiger partial charge on any atom is -0.351 e. The van der Waals surface area contributed by atoms with Gasteiger partial charge in [-0.15, -0.1) is 23.5 Å². The van der Waals surface area contributed by atoms with Crippen molar-refractivity contribution in [2.45, 2.75) is 164 Å². The lowest BCUT2D eigenvalue weighted by molar-refractivity contribution is -0.144. The van der Waals surface area contributed by atoms with Gasteiger partial charge in [0.1, 0.15) is 36.3 Å². The molecule has 0 unspecified atom stereocenters. The molecule has 4 saturated heterocycles. The largest absolute Gasteiger partial charge is 0.351 e. The topological polar surface area (TPSA) is 239 Å². The van der Waals surface area contributed by atoms with E-state index < -0.39 is 82.8 Å². The average Bonchev–Trinajstić information content (AvgIpc) is 3.68. The third-order valence-electron chi connectivity index (χ3n) is 15.2. The van der Waals surface area contributed by atoms with Crippen molar-refractivity contribution >= 4 is 233 Å². The lowest BCUT2D eigenvalue weighted by Crippen LogP contribution is -2.59. The molecule has 84 heavy (non-hydrogen) atoms. The molecule has 4 heterocycles. The molecule has 5 fully saturated rings. The van der Waals surface area contributed by atoms with Crippen molar-refractivity contribution in [1.82, 2.24) is 52.3 Å². The van der Waals surface area contributed by atoms with Gasteiger partial charge in [0, 0.05) is 12.1 Å². The van der Waals surface area contributed by atoms with E-state index in [1.807, 2.05) is 39.8 Å². The van der Waals surface area contributed by atoms with Crippen molar-refractivity contribution in [3.8, 4) is 0 Å². The summed E-state index contributed by atoms with van der Waals surface area (Å²) in [5.74, 6) is -1.69. The molecule has 0 spiro atoms. The minimum atomic E-state index is -1.07. The average molecular weight is 1440 g/mol. The van der Waals surface area contributed by atoms with Crippen LogP contribution in [0.3, 0.4) is 0 Å². The number of carbonyl (C=O) groups excluding carboxylic acids is 8. The summed E-state index contributed by atoms with van der Waals surface area (Å²) < 4.78 is 0. The fraction of sp³-hybridized carbons (Fsp3) is 0.615. The monoisotopic (exact) mass is 1440 g/mol. The Kier molecular flexibility index (Phi) is 47.2. The van der Waals surface area contributed by atoms with Gasteiger partial charge in [0.2, 0.25) is 47.3 Å². The molecule has 7 rings (SSSR count). The summed E-state index contributed by atoms with van der Waals surface area (Å²) in [7, 11) is 3.35. The van der Waals surface area contributed by atoms with E-state index in [2.05, 4.69) is 42.5 Å². The summed E-state index contributed by atoms with van der Waals surface area (Å²) in [5, 5.41) is 23.5. The Morgan fingerprint density at radius 1 is 0.464 bits per heavy atom. The molecule has 2 aromatic rings. The summed E-state index contributed by atoms with van der Waals surface area (Å²) in [6.45, 7) is 11.2. The maximum atomic E-state index is 14.6. The SMILES string of the molecule is CN[C@@H](C)C(=O)N[C@H]1CCS[C@H]2CC(C)(C)[C@@H](C(=O)N[C@@H](C(=O)NC3CCC(NC(=O)[C@@H](NC(=O)[C@H]4N5C(=O)[C@H](NC(=O)[C@H](C)NC)CCS[C@H]5CC4(C)C)c4ccccc4)CC3)c3ccccc3)N2C1=O.S.S.S.S.S.S.S.S.S.S.S.S. The van der Waals surface area contributed by atoms with Gasteiger partial charge in [0.15, 0.2) is 0 Å². The summed E-state index contributed by atoms with van der Waals surface area (Å²) in [5.41, 5.74) is -0.120. The van der Waals surface area contributed by atoms with Crippen LogP contribution in [0.2, 0.25) is 0 Å². The molecule has 8 N–H and O–H groups in total. The van der Waals surface area contributed by atoms with Crippen LogP contribution in [0.25, 0.3) is 0 Å². The zero-order valence-corrected chi connectivity index (χ0v) is 62.4. The van der Waals surface area contributed by atoms with E-state index in [1.165, 1.54) is 0 Å². The molecule has 1 aliphatic carbocycles. The highest BCUT2D eigenvalue weighted by Gasteiger charge is 2.56. The summed E-state index contributed by atoms with van der Waals surface area (Å²) in [6.07, 6.45) is 4.11. The number of nitrogens with one attached hydrogen (secondary N) is 8. The Balaban J connectivity index is -0.00000127.